The lowest BCUT2D eigenvalue weighted by Crippen LogP contribution is -2.19. The van der Waals surface area contributed by atoms with E-state index in [9.17, 15) is 0 Å². The van der Waals surface area contributed by atoms with E-state index in [-0.39, 0.29) is 5.41 Å². The van der Waals surface area contributed by atoms with Crippen molar-refractivity contribution in [3.05, 3.63) is 29.6 Å². The third-order valence-electron chi connectivity index (χ3n) is 4.11. The number of aryl methyl sites for hydroxylation is 2. The third kappa shape index (κ3) is 1.49. The maximum atomic E-state index is 5.88. The van der Waals surface area contributed by atoms with Crippen molar-refractivity contribution < 1.29 is 0 Å². The van der Waals surface area contributed by atoms with E-state index in [1.54, 1.807) is 0 Å². The molecule has 0 spiro atoms. The van der Waals surface area contributed by atoms with E-state index in [1.165, 1.54) is 23.9 Å². The first-order chi connectivity index (χ1) is 8.20. The van der Waals surface area contributed by atoms with Gasteiger partial charge < -0.3 is 10.3 Å². The average Bonchev–Trinajstić information content (AvgIpc) is 3.07. The minimum absolute atomic E-state index is 0.262. The lowest BCUT2D eigenvalue weighted by Gasteiger charge is -2.12. The van der Waals surface area contributed by atoms with E-state index >= 15 is 0 Å². The Labute approximate surface area is 102 Å². The number of hydrogen-bond donors (Lipinski definition) is 1. The first-order valence-corrected chi connectivity index (χ1v) is 6.37. The largest absolute Gasteiger partial charge is 0.330 e. The second kappa shape index (κ2) is 3.57. The van der Waals surface area contributed by atoms with Crippen LogP contribution in [0.4, 0.5) is 0 Å². The van der Waals surface area contributed by atoms with E-state index in [0.717, 1.165) is 24.4 Å². The summed E-state index contributed by atoms with van der Waals surface area (Å²) < 4.78 is 2.25. The molecule has 1 saturated carbocycles. The Balaban J connectivity index is 2.14. The molecule has 1 aromatic carbocycles. The van der Waals surface area contributed by atoms with E-state index < -0.39 is 0 Å². The number of rotatable bonds is 3. The molecule has 1 aromatic heterocycles. The molecule has 3 heteroatoms. The van der Waals surface area contributed by atoms with Gasteiger partial charge in [0.05, 0.1) is 11.0 Å². The lowest BCUT2D eigenvalue weighted by atomic mass is 9.96. The minimum atomic E-state index is 0.262. The second-order valence-corrected chi connectivity index (χ2v) is 5.09. The molecule has 0 aliphatic heterocycles. The normalized spacial score (nSPS) is 17.6. The number of fused-ring (bicyclic) bond motifs is 1. The van der Waals surface area contributed by atoms with Crippen molar-refractivity contribution in [2.45, 2.75) is 38.6 Å². The zero-order valence-corrected chi connectivity index (χ0v) is 10.5. The van der Waals surface area contributed by atoms with Gasteiger partial charge in [-0.2, -0.15) is 0 Å². The number of nitrogens with two attached hydrogens (primary N) is 1. The van der Waals surface area contributed by atoms with Gasteiger partial charge >= 0.3 is 0 Å². The van der Waals surface area contributed by atoms with E-state index in [1.807, 2.05) is 0 Å². The molecule has 0 amide bonds. The van der Waals surface area contributed by atoms with Crippen LogP contribution < -0.4 is 5.73 Å². The van der Waals surface area contributed by atoms with Gasteiger partial charge in [-0.3, -0.25) is 0 Å². The highest BCUT2D eigenvalue weighted by Crippen LogP contribution is 2.47. The van der Waals surface area contributed by atoms with Crippen LogP contribution in [0.25, 0.3) is 11.0 Å². The van der Waals surface area contributed by atoms with Gasteiger partial charge in [-0.25, -0.2) is 4.98 Å². The van der Waals surface area contributed by atoms with Crippen molar-refractivity contribution in [1.82, 2.24) is 9.55 Å². The summed E-state index contributed by atoms with van der Waals surface area (Å²) in [5, 5.41) is 0. The monoisotopic (exact) mass is 229 g/mol. The SMILES string of the molecule is CCn1c(C)nc2cc(C3(CN)CC3)ccc21. The van der Waals surface area contributed by atoms with Gasteiger partial charge in [0.25, 0.3) is 0 Å². The van der Waals surface area contributed by atoms with Crippen molar-refractivity contribution in [2.75, 3.05) is 6.54 Å². The zero-order chi connectivity index (χ0) is 12.0. The predicted octanol–water partition coefficient (Wildman–Crippen LogP) is 2.35. The second-order valence-electron chi connectivity index (χ2n) is 5.09. The summed E-state index contributed by atoms with van der Waals surface area (Å²) in [7, 11) is 0. The number of imidazole rings is 1. The fourth-order valence-electron chi connectivity index (χ4n) is 2.74. The van der Waals surface area contributed by atoms with Crippen LogP contribution in [0.2, 0.25) is 0 Å². The Morgan fingerprint density at radius 1 is 1.41 bits per heavy atom. The Bertz CT molecular complexity index is 564. The fraction of sp³-hybridized carbons (Fsp3) is 0.500. The molecule has 90 valence electrons. The molecule has 1 heterocycles. The van der Waals surface area contributed by atoms with E-state index in [2.05, 4.69) is 41.6 Å². The number of benzene rings is 1. The van der Waals surface area contributed by atoms with Crippen LogP contribution in [-0.2, 0) is 12.0 Å². The van der Waals surface area contributed by atoms with Gasteiger partial charge in [-0.15, -0.1) is 0 Å². The first-order valence-electron chi connectivity index (χ1n) is 6.37. The molecule has 2 aromatic rings. The summed E-state index contributed by atoms with van der Waals surface area (Å²) in [5.41, 5.74) is 9.86. The van der Waals surface area contributed by atoms with Crippen LogP contribution in [0.1, 0.15) is 31.2 Å². The molecule has 1 fully saturated rings. The van der Waals surface area contributed by atoms with Gasteiger partial charge in [0.2, 0.25) is 0 Å². The van der Waals surface area contributed by atoms with Crippen molar-refractivity contribution in [3.63, 3.8) is 0 Å². The minimum Gasteiger partial charge on any atom is -0.330 e. The average molecular weight is 229 g/mol. The van der Waals surface area contributed by atoms with E-state index in [4.69, 9.17) is 5.73 Å². The van der Waals surface area contributed by atoms with Gasteiger partial charge in [-0.05, 0) is 44.4 Å². The Morgan fingerprint density at radius 2 is 2.18 bits per heavy atom. The van der Waals surface area contributed by atoms with Gasteiger partial charge in [0.15, 0.2) is 0 Å². The van der Waals surface area contributed by atoms with Crippen LogP contribution in [0.5, 0.6) is 0 Å². The Morgan fingerprint density at radius 3 is 2.76 bits per heavy atom. The topological polar surface area (TPSA) is 43.8 Å². The molecule has 1 aliphatic carbocycles. The summed E-state index contributed by atoms with van der Waals surface area (Å²) in [6, 6.07) is 6.66. The highest BCUT2D eigenvalue weighted by atomic mass is 15.1. The molecule has 0 unspecified atom stereocenters. The highest BCUT2D eigenvalue weighted by molar-refractivity contribution is 5.77. The number of nitrogens with zero attached hydrogens (tertiary/aromatic N) is 2. The molecular formula is C14H19N3. The zero-order valence-electron chi connectivity index (χ0n) is 10.5. The van der Waals surface area contributed by atoms with Crippen LogP contribution >= 0.6 is 0 Å². The molecular weight excluding hydrogens is 210 g/mol. The first kappa shape index (κ1) is 10.8. The maximum absolute atomic E-state index is 5.88. The molecule has 0 radical (unpaired) electrons. The van der Waals surface area contributed by atoms with Crippen molar-refractivity contribution in [2.24, 2.45) is 5.73 Å². The summed E-state index contributed by atoms with van der Waals surface area (Å²) >= 11 is 0. The lowest BCUT2D eigenvalue weighted by molar-refractivity contribution is 0.705. The van der Waals surface area contributed by atoms with Crippen molar-refractivity contribution in [1.29, 1.82) is 0 Å². The van der Waals surface area contributed by atoms with Crippen LogP contribution in [0, 0.1) is 6.92 Å². The maximum Gasteiger partial charge on any atom is 0.106 e. The molecule has 3 nitrogen and oxygen atoms in total. The van der Waals surface area contributed by atoms with Crippen molar-refractivity contribution in [3.8, 4) is 0 Å². The number of aromatic nitrogens is 2. The van der Waals surface area contributed by atoms with E-state index in [0.29, 0.717) is 0 Å². The molecule has 2 N–H and O–H groups in total. The van der Waals surface area contributed by atoms with Crippen LogP contribution in [0.15, 0.2) is 18.2 Å². The molecule has 1 aliphatic rings. The number of hydrogen-bond acceptors (Lipinski definition) is 2. The van der Waals surface area contributed by atoms with Crippen LogP contribution in [-0.4, -0.2) is 16.1 Å². The van der Waals surface area contributed by atoms with Gasteiger partial charge in [0.1, 0.15) is 5.82 Å². The van der Waals surface area contributed by atoms with Crippen molar-refractivity contribution >= 4 is 11.0 Å². The summed E-state index contributed by atoms with van der Waals surface area (Å²) in [5.74, 6) is 1.09. The smallest absolute Gasteiger partial charge is 0.106 e. The molecule has 0 atom stereocenters. The quantitative estimate of drug-likeness (QED) is 0.878. The van der Waals surface area contributed by atoms with Gasteiger partial charge in [-0.1, -0.05) is 6.07 Å². The standard InChI is InChI=1S/C14H19N3/c1-3-17-10(2)16-12-8-11(4-5-13(12)17)14(9-15)6-7-14/h4-5,8H,3,6-7,9,15H2,1-2H3. The summed E-state index contributed by atoms with van der Waals surface area (Å²) in [6.07, 6.45) is 2.45. The summed E-state index contributed by atoms with van der Waals surface area (Å²) in [4.78, 5) is 4.64. The van der Waals surface area contributed by atoms with Crippen LogP contribution in [0.3, 0.4) is 0 Å². The molecule has 3 rings (SSSR count). The Hall–Kier alpha value is -1.35. The third-order valence-corrected chi connectivity index (χ3v) is 4.11. The molecule has 0 saturated heterocycles. The Kier molecular flexibility index (Phi) is 2.26. The summed E-state index contributed by atoms with van der Waals surface area (Å²) in [6.45, 7) is 5.96. The molecule has 0 bridgehead atoms. The molecule has 17 heavy (non-hydrogen) atoms. The highest BCUT2D eigenvalue weighted by Gasteiger charge is 2.42. The fourth-order valence-corrected chi connectivity index (χ4v) is 2.74. The predicted molar refractivity (Wildman–Crippen MR) is 70.1 cm³/mol. The van der Waals surface area contributed by atoms with Gasteiger partial charge in [0, 0.05) is 18.5 Å².